The van der Waals surface area contributed by atoms with Gasteiger partial charge < -0.3 is 21.5 Å². The predicted molar refractivity (Wildman–Crippen MR) is 74.4 cm³/mol. The fourth-order valence-corrected chi connectivity index (χ4v) is 1.68. The van der Waals surface area contributed by atoms with Gasteiger partial charge in [-0.15, -0.1) is 0 Å². The van der Waals surface area contributed by atoms with Crippen molar-refractivity contribution in [2.24, 2.45) is 11.7 Å². The normalized spacial score (nSPS) is 11.8. The number of carbonyl (C=O) groups is 3. The number of hydrogen-bond acceptors (Lipinski definition) is 4. The zero-order chi connectivity index (χ0) is 16.0. The molecule has 0 bridgehead atoms. The molecule has 0 fully saturated rings. The Morgan fingerprint density at radius 1 is 1.38 bits per heavy atom. The van der Waals surface area contributed by atoms with Crippen molar-refractivity contribution in [3.8, 4) is 0 Å². The highest BCUT2D eigenvalue weighted by molar-refractivity contribution is 5.88. The zero-order valence-electron chi connectivity index (χ0n) is 11.8. The molecule has 0 radical (unpaired) electrons. The van der Waals surface area contributed by atoms with E-state index in [2.05, 4.69) is 15.6 Å². The maximum Gasteiger partial charge on any atom is 0.335 e. The molecule has 0 spiro atoms. The predicted octanol–water partition coefficient (Wildman–Crippen LogP) is 0.0889. The van der Waals surface area contributed by atoms with Gasteiger partial charge in [0.05, 0.1) is 17.8 Å². The van der Waals surface area contributed by atoms with Gasteiger partial charge in [0, 0.05) is 6.20 Å². The molecule has 1 aromatic rings. The van der Waals surface area contributed by atoms with Gasteiger partial charge in [-0.05, 0) is 18.1 Å². The maximum absolute atomic E-state index is 12.0. The third kappa shape index (κ3) is 5.09. The summed E-state index contributed by atoms with van der Waals surface area (Å²) >= 11 is 0. The Hall–Kier alpha value is -2.64. The summed E-state index contributed by atoms with van der Waals surface area (Å²) < 4.78 is 0. The van der Waals surface area contributed by atoms with Crippen LogP contribution in [0.15, 0.2) is 18.3 Å². The molecule has 8 nitrogen and oxygen atoms in total. The van der Waals surface area contributed by atoms with E-state index in [4.69, 9.17) is 10.8 Å². The molecule has 0 aliphatic rings. The second-order valence-corrected chi connectivity index (χ2v) is 4.79. The number of aromatic carboxylic acids is 1. The number of hydrogen-bond donors (Lipinski definition) is 4. The van der Waals surface area contributed by atoms with Crippen molar-refractivity contribution in [2.75, 3.05) is 0 Å². The lowest BCUT2D eigenvalue weighted by atomic mass is 10.0. The molecule has 1 unspecified atom stereocenters. The van der Waals surface area contributed by atoms with E-state index in [1.807, 2.05) is 0 Å². The number of carboxylic acid groups (broad SMARTS) is 1. The van der Waals surface area contributed by atoms with Gasteiger partial charge in [0.15, 0.2) is 0 Å². The lowest BCUT2D eigenvalue weighted by Crippen LogP contribution is -2.51. The Morgan fingerprint density at radius 3 is 2.57 bits per heavy atom. The highest BCUT2D eigenvalue weighted by atomic mass is 16.4. The van der Waals surface area contributed by atoms with E-state index >= 15 is 0 Å². The third-order valence-electron chi connectivity index (χ3n) is 2.75. The minimum absolute atomic E-state index is 0.0591. The molecular weight excluding hydrogens is 276 g/mol. The first-order valence-corrected chi connectivity index (χ1v) is 6.33. The summed E-state index contributed by atoms with van der Waals surface area (Å²) in [7, 11) is 0. The van der Waals surface area contributed by atoms with E-state index in [-0.39, 0.29) is 18.0 Å². The zero-order valence-corrected chi connectivity index (χ0v) is 11.8. The molecular formula is C13H18N4O4. The molecule has 5 N–H and O–H groups in total. The summed E-state index contributed by atoms with van der Waals surface area (Å²) in [5.74, 6) is -1.62. The second-order valence-electron chi connectivity index (χ2n) is 4.79. The van der Waals surface area contributed by atoms with Crippen LogP contribution >= 0.6 is 0 Å². The van der Waals surface area contributed by atoms with Gasteiger partial charge in [0.1, 0.15) is 6.04 Å². The van der Waals surface area contributed by atoms with Crippen molar-refractivity contribution in [3.05, 3.63) is 29.6 Å². The summed E-state index contributed by atoms with van der Waals surface area (Å²) in [5.41, 5.74) is 5.52. The van der Waals surface area contributed by atoms with Crippen LogP contribution in [-0.4, -0.2) is 34.0 Å². The number of urea groups is 1. The molecule has 0 aliphatic carbocycles. The van der Waals surface area contributed by atoms with Crippen LogP contribution < -0.4 is 16.4 Å². The van der Waals surface area contributed by atoms with E-state index in [1.54, 1.807) is 13.8 Å². The highest BCUT2D eigenvalue weighted by Gasteiger charge is 2.23. The van der Waals surface area contributed by atoms with Crippen LogP contribution in [0, 0.1) is 5.92 Å². The lowest BCUT2D eigenvalue weighted by molar-refractivity contribution is -0.124. The van der Waals surface area contributed by atoms with Gasteiger partial charge in [-0.1, -0.05) is 13.8 Å². The second kappa shape index (κ2) is 7.22. The minimum atomic E-state index is -1.07. The Balaban J connectivity index is 2.68. The number of carboxylic acids is 1. The summed E-state index contributed by atoms with van der Waals surface area (Å²) in [6.07, 6.45) is 1.35. The molecule has 114 valence electrons. The van der Waals surface area contributed by atoms with Crippen LogP contribution in [0.5, 0.6) is 0 Å². The van der Waals surface area contributed by atoms with Crippen LogP contribution in [0.1, 0.15) is 29.9 Å². The molecule has 0 aromatic carbocycles. The molecule has 0 aliphatic heterocycles. The molecule has 8 heteroatoms. The summed E-state index contributed by atoms with van der Waals surface area (Å²) in [6, 6.07) is 1.19. The SMILES string of the molecule is CC(C)C(NC(N)=O)C(=O)NCc1cc(C(=O)O)ccn1. The fraction of sp³-hybridized carbons (Fsp3) is 0.385. The van der Waals surface area contributed by atoms with Gasteiger partial charge in [-0.2, -0.15) is 0 Å². The van der Waals surface area contributed by atoms with Crippen LogP contribution in [-0.2, 0) is 11.3 Å². The van der Waals surface area contributed by atoms with Crippen molar-refractivity contribution in [1.29, 1.82) is 0 Å². The molecule has 3 amide bonds. The average Bonchev–Trinajstić information content (AvgIpc) is 2.42. The molecule has 1 aromatic heterocycles. The first kappa shape index (κ1) is 16.4. The Kier molecular flexibility index (Phi) is 5.65. The van der Waals surface area contributed by atoms with Crippen LogP contribution in [0.3, 0.4) is 0 Å². The number of nitrogens with zero attached hydrogens (tertiary/aromatic N) is 1. The molecule has 0 saturated carbocycles. The number of amides is 3. The highest BCUT2D eigenvalue weighted by Crippen LogP contribution is 2.04. The number of carbonyl (C=O) groups excluding carboxylic acids is 2. The van der Waals surface area contributed by atoms with E-state index in [9.17, 15) is 14.4 Å². The monoisotopic (exact) mass is 294 g/mol. The fourth-order valence-electron chi connectivity index (χ4n) is 1.68. The molecule has 1 heterocycles. The molecule has 1 rings (SSSR count). The summed E-state index contributed by atoms with van der Waals surface area (Å²) in [6.45, 7) is 3.59. The van der Waals surface area contributed by atoms with Gasteiger partial charge in [-0.25, -0.2) is 9.59 Å². The average molecular weight is 294 g/mol. The largest absolute Gasteiger partial charge is 0.478 e. The van der Waals surface area contributed by atoms with E-state index in [0.29, 0.717) is 5.69 Å². The van der Waals surface area contributed by atoms with Crippen molar-refractivity contribution in [1.82, 2.24) is 15.6 Å². The van der Waals surface area contributed by atoms with Crippen LogP contribution in [0.4, 0.5) is 4.79 Å². The molecule has 1 atom stereocenters. The van der Waals surface area contributed by atoms with Crippen LogP contribution in [0.25, 0.3) is 0 Å². The Labute approximate surface area is 121 Å². The Bertz CT molecular complexity index is 545. The number of nitrogens with one attached hydrogen (secondary N) is 2. The number of rotatable bonds is 6. The number of primary amides is 1. The van der Waals surface area contributed by atoms with Crippen molar-refractivity contribution in [3.63, 3.8) is 0 Å². The van der Waals surface area contributed by atoms with Crippen molar-refractivity contribution in [2.45, 2.75) is 26.4 Å². The number of aromatic nitrogens is 1. The Morgan fingerprint density at radius 2 is 2.05 bits per heavy atom. The van der Waals surface area contributed by atoms with Crippen LogP contribution in [0.2, 0.25) is 0 Å². The smallest absolute Gasteiger partial charge is 0.335 e. The quantitative estimate of drug-likeness (QED) is 0.589. The van der Waals surface area contributed by atoms with E-state index < -0.39 is 23.9 Å². The van der Waals surface area contributed by atoms with Crippen molar-refractivity contribution >= 4 is 17.9 Å². The molecule has 0 saturated heterocycles. The first-order chi connectivity index (χ1) is 9.81. The van der Waals surface area contributed by atoms with Gasteiger partial charge in [-0.3, -0.25) is 9.78 Å². The van der Waals surface area contributed by atoms with E-state index in [1.165, 1.54) is 18.3 Å². The molecule has 21 heavy (non-hydrogen) atoms. The van der Waals surface area contributed by atoms with E-state index in [0.717, 1.165) is 0 Å². The third-order valence-corrected chi connectivity index (χ3v) is 2.75. The topological polar surface area (TPSA) is 134 Å². The number of pyridine rings is 1. The van der Waals surface area contributed by atoms with Crippen molar-refractivity contribution < 1.29 is 19.5 Å². The first-order valence-electron chi connectivity index (χ1n) is 6.33. The van der Waals surface area contributed by atoms with Gasteiger partial charge in [0.25, 0.3) is 0 Å². The number of nitrogens with two attached hydrogens (primary N) is 1. The van der Waals surface area contributed by atoms with Gasteiger partial charge >= 0.3 is 12.0 Å². The standard InChI is InChI=1S/C13H18N4O4/c1-7(2)10(17-13(14)21)11(18)16-6-9-5-8(12(19)20)3-4-15-9/h3-5,7,10H,6H2,1-2H3,(H,16,18)(H,19,20)(H3,14,17,21). The lowest BCUT2D eigenvalue weighted by Gasteiger charge is -2.20. The minimum Gasteiger partial charge on any atom is -0.478 e. The summed E-state index contributed by atoms with van der Waals surface area (Å²) in [4.78, 5) is 37.7. The maximum atomic E-state index is 12.0. The summed E-state index contributed by atoms with van der Waals surface area (Å²) in [5, 5.41) is 13.8. The van der Waals surface area contributed by atoms with Gasteiger partial charge in [0.2, 0.25) is 5.91 Å².